The molecule has 0 aliphatic carbocycles. The second-order valence-corrected chi connectivity index (χ2v) is 5.31. The summed E-state index contributed by atoms with van der Waals surface area (Å²) in [5, 5.41) is 0. The fourth-order valence-electron chi connectivity index (χ4n) is 2.96. The predicted molar refractivity (Wildman–Crippen MR) is 71.3 cm³/mol. The molecule has 0 aromatic heterocycles. The van der Waals surface area contributed by atoms with Crippen LogP contribution < -0.4 is 11.3 Å². The molecule has 0 spiro atoms. The van der Waals surface area contributed by atoms with Gasteiger partial charge in [0.05, 0.1) is 12.2 Å². The number of nitrogens with one attached hydrogen (secondary N) is 1. The van der Waals surface area contributed by atoms with E-state index in [1.807, 2.05) is 6.92 Å². The first kappa shape index (κ1) is 14.7. The molecule has 0 aromatic rings. The number of hydrazine groups is 1. The van der Waals surface area contributed by atoms with Crippen molar-refractivity contribution in [3.8, 4) is 0 Å². The zero-order chi connectivity index (χ0) is 13.7. The van der Waals surface area contributed by atoms with Gasteiger partial charge in [0.25, 0.3) is 5.91 Å². The number of ether oxygens (including phenoxy) is 2. The van der Waals surface area contributed by atoms with Crippen molar-refractivity contribution >= 4 is 5.91 Å². The number of hydrogen-bond donors (Lipinski definition) is 2. The molecule has 2 heterocycles. The van der Waals surface area contributed by atoms with Gasteiger partial charge in [0.1, 0.15) is 6.10 Å². The summed E-state index contributed by atoms with van der Waals surface area (Å²) < 4.78 is 11.4. The molecule has 2 aliphatic heterocycles. The van der Waals surface area contributed by atoms with Gasteiger partial charge in [-0.25, -0.2) is 5.84 Å². The first-order chi connectivity index (χ1) is 9.22. The summed E-state index contributed by atoms with van der Waals surface area (Å²) in [6.07, 6.45) is 4.12. The van der Waals surface area contributed by atoms with Crippen LogP contribution in [0.4, 0.5) is 0 Å². The average Bonchev–Trinajstić information content (AvgIpc) is 2.87. The third kappa shape index (κ3) is 4.14. The lowest BCUT2D eigenvalue weighted by Gasteiger charge is -2.33. The Labute approximate surface area is 114 Å². The molecule has 2 fully saturated rings. The third-order valence-corrected chi connectivity index (χ3v) is 3.87. The number of nitrogens with zero attached hydrogens (tertiary/aromatic N) is 1. The number of carbonyl (C=O) groups is 1. The van der Waals surface area contributed by atoms with Crippen LogP contribution in [0.2, 0.25) is 0 Å². The van der Waals surface area contributed by atoms with Crippen molar-refractivity contribution in [2.24, 2.45) is 5.84 Å². The maximum Gasteiger partial charge on any atom is 0.263 e. The van der Waals surface area contributed by atoms with Crippen LogP contribution in [0.15, 0.2) is 0 Å². The fourth-order valence-corrected chi connectivity index (χ4v) is 2.96. The summed E-state index contributed by atoms with van der Waals surface area (Å²) in [6, 6.07) is 0. The molecule has 2 rings (SSSR count). The highest BCUT2D eigenvalue weighted by Gasteiger charge is 2.32. The SMILES string of the molecule is CCOC1CCCN(CC2CCC(C(=O)NN)O2)C1. The summed E-state index contributed by atoms with van der Waals surface area (Å²) in [7, 11) is 0. The number of hydrogen-bond acceptors (Lipinski definition) is 5. The minimum absolute atomic E-state index is 0.141. The fraction of sp³-hybridized carbons (Fsp3) is 0.923. The molecule has 2 aliphatic rings. The first-order valence-electron chi connectivity index (χ1n) is 7.22. The topological polar surface area (TPSA) is 76.8 Å². The third-order valence-electron chi connectivity index (χ3n) is 3.87. The Bertz CT molecular complexity index is 299. The monoisotopic (exact) mass is 271 g/mol. The van der Waals surface area contributed by atoms with Crippen LogP contribution in [0, 0.1) is 0 Å². The zero-order valence-corrected chi connectivity index (χ0v) is 11.6. The summed E-state index contributed by atoms with van der Waals surface area (Å²) in [4.78, 5) is 13.8. The minimum atomic E-state index is -0.373. The molecule has 6 nitrogen and oxygen atoms in total. The second kappa shape index (κ2) is 7.19. The Morgan fingerprint density at radius 3 is 3.05 bits per heavy atom. The van der Waals surface area contributed by atoms with E-state index in [0.717, 1.165) is 45.5 Å². The average molecular weight is 271 g/mol. The van der Waals surface area contributed by atoms with Crippen LogP contribution in [0.25, 0.3) is 0 Å². The summed E-state index contributed by atoms with van der Waals surface area (Å²) in [6.45, 7) is 5.77. The maximum atomic E-state index is 11.4. The van der Waals surface area contributed by atoms with E-state index in [0.29, 0.717) is 6.10 Å². The highest BCUT2D eigenvalue weighted by molar-refractivity contribution is 5.80. The van der Waals surface area contributed by atoms with Crippen molar-refractivity contribution in [1.82, 2.24) is 10.3 Å². The van der Waals surface area contributed by atoms with Crippen molar-refractivity contribution in [3.63, 3.8) is 0 Å². The number of amides is 1. The molecule has 0 bridgehead atoms. The quantitative estimate of drug-likeness (QED) is 0.419. The minimum Gasteiger partial charge on any atom is -0.377 e. The van der Waals surface area contributed by atoms with E-state index in [1.54, 1.807) is 0 Å². The van der Waals surface area contributed by atoms with Gasteiger partial charge < -0.3 is 9.47 Å². The Kier molecular flexibility index (Phi) is 5.57. The molecule has 3 unspecified atom stereocenters. The lowest BCUT2D eigenvalue weighted by Crippen LogP contribution is -2.44. The van der Waals surface area contributed by atoms with Crippen LogP contribution in [0.5, 0.6) is 0 Å². The lowest BCUT2D eigenvalue weighted by atomic mass is 10.1. The smallest absolute Gasteiger partial charge is 0.263 e. The highest BCUT2D eigenvalue weighted by atomic mass is 16.5. The van der Waals surface area contributed by atoms with E-state index in [4.69, 9.17) is 15.3 Å². The molecule has 0 radical (unpaired) electrons. The van der Waals surface area contributed by atoms with Crippen molar-refractivity contribution in [2.75, 3.05) is 26.2 Å². The van der Waals surface area contributed by atoms with Crippen molar-refractivity contribution in [2.45, 2.75) is 50.9 Å². The van der Waals surface area contributed by atoms with Crippen LogP contribution >= 0.6 is 0 Å². The number of rotatable bonds is 5. The normalized spacial score (nSPS) is 32.4. The van der Waals surface area contributed by atoms with E-state index in [-0.39, 0.29) is 18.1 Å². The molecular weight excluding hydrogens is 246 g/mol. The summed E-state index contributed by atoms with van der Waals surface area (Å²) in [5.74, 6) is 4.91. The number of piperidine rings is 1. The second-order valence-electron chi connectivity index (χ2n) is 5.31. The predicted octanol–water partition coefficient (Wildman–Crippen LogP) is 0.0248. The summed E-state index contributed by atoms with van der Waals surface area (Å²) in [5.41, 5.74) is 2.16. The number of nitrogens with two attached hydrogens (primary N) is 1. The Hall–Kier alpha value is -0.690. The molecule has 2 saturated heterocycles. The van der Waals surface area contributed by atoms with Gasteiger partial charge in [-0.05, 0) is 39.2 Å². The summed E-state index contributed by atoms with van der Waals surface area (Å²) >= 11 is 0. The largest absolute Gasteiger partial charge is 0.377 e. The van der Waals surface area contributed by atoms with Gasteiger partial charge in [-0.3, -0.25) is 15.1 Å². The first-order valence-corrected chi connectivity index (χ1v) is 7.22. The molecule has 0 aromatic carbocycles. The van der Waals surface area contributed by atoms with Crippen molar-refractivity contribution in [3.05, 3.63) is 0 Å². The molecule has 110 valence electrons. The van der Waals surface area contributed by atoms with E-state index in [2.05, 4.69) is 10.3 Å². The zero-order valence-electron chi connectivity index (χ0n) is 11.6. The molecule has 0 saturated carbocycles. The molecule has 3 N–H and O–H groups in total. The van der Waals surface area contributed by atoms with E-state index < -0.39 is 0 Å². The van der Waals surface area contributed by atoms with Crippen molar-refractivity contribution < 1.29 is 14.3 Å². The van der Waals surface area contributed by atoms with E-state index in [9.17, 15) is 4.79 Å². The van der Waals surface area contributed by atoms with E-state index >= 15 is 0 Å². The maximum absolute atomic E-state index is 11.4. The van der Waals surface area contributed by atoms with Crippen LogP contribution in [0.3, 0.4) is 0 Å². The molecule has 3 atom stereocenters. The van der Waals surface area contributed by atoms with Crippen LogP contribution in [-0.2, 0) is 14.3 Å². The molecular formula is C13H25N3O3. The highest BCUT2D eigenvalue weighted by Crippen LogP contribution is 2.22. The molecule has 6 heteroatoms. The number of carbonyl (C=O) groups excluding carboxylic acids is 1. The van der Waals surface area contributed by atoms with Gasteiger partial charge in [-0.1, -0.05) is 0 Å². The molecule has 1 amide bonds. The Balaban J connectivity index is 1.74. The van der Waals surface area contributed by atoms with E-state index in [1.165, 1.54) is 6.42 Å². The van der Waals surface area contributed by atoms with Gasteiger partial charge in [-0.15, -0.1) is 0 Å². The standard InChI is InChI=1S/C13H25N3O3/c1-2-18-10-4-3-7-16(8-10)9-11-5-6-12(19-11)13(17)15-14/h10-12H,2-9,14H2,1H3,(H,15,17). The van der Waals surface area contributed by atoms with Crippen molar-refractivity contribution in [1.29, 1.82) is 0 Å². The lowest BCUT2D eigenvalue weighted by molar-refractivity contribution is -0.132. The van der Waals surface area contributed by atoms with Gasteiger partial charge in [0.15, 0.2) is 0 Å². The van der Waals surface area contributed by atoms with Gasteiger partial charge in [0.2, 0.25) is 0 Å². The van der Waals surface area contributed by atoms with Gasteiger partial charge >= 0.3 is 0 Å². The van der Waals surface area contributed by atoms with Gasteiger partial charge in [0, 0.05) is 19.7 Å². The Morgan fingerprint density at radius 2 is 2.32 bits per heavy atom. The van der Waals surface area contributed by atoms with Crippen LogP contribution in [0.1, 0.15) is 32.6 Å². The Morgan fingerprint density at radius 1 is 1.47 bits per heavy atom. The van der Waals surface area contributed by atoms with Gasteiger partial charge in [-0.2, -0.15) is 0 Å². The number of likely N-dealkylation sites (tertiary alicyclic amines) is 1. The van der Waals surface area contributed by atoms with Crippen LogP contribution in [-0.4, -0.2) is 55.4 Å². The molecule has 19 heavy (non-hydrogen) atoms.